The van der Waals surface area contributed by atoms with Crippen LogP contribution in [-0.4, -0.2) is 24.5 Å². The predicted octanol–water partition coefficient (Wildman–Crippen LogP) is 2.29. The Balaban J connectivity index is 1.73. The maximum atomic E-state index is 12.3. The van der Waals surface area contributed by atoms with E-state index in [9.17, 15) is 9.59 Å². The summed E-state index contributed by atoms with van der Waals surface area (Å²) in [6.07, 6.45) is 3.98. The average Bonchev–Trinajstić information content (AvgIpc) is 2.92. The number of ether oxygens (including phenoxy) is 1. The summed E-state index contributed by atoms with van der Waals surface area (Å²) in [4.78, 5) is 27.7. The number of aliphatic imine (C=N–C) groups is 1. The van der Waals surface area contributed by atoms with Gasteiger partial charge in [-0.1, -0.05) is 19.6 Å². The van der Waals surface area contributed by atoms with E-state index in [2.05, 4.69) is 16.9 Å². The number of ketones is 1. The van der Waals surface area contributed by atoms with Gasteiger partial charge in [0.05, 0.1) is 5.69 Å². The Morgan fingerprint density at radius 3 is 3.05 bits per heavy atom. The minimum absolute atomic E-state index is 0.0296. The van der Waals surface area contributed by atoms with E-state index in [1.54, 1.807) is 18.3 Å². The van der Waals surface area contributed by atoms with Crippen LogP contribution in [0.5, 0.6) is 5.75 Å². The number of fused-ring (bicyclic) bond motifs is 1. The van der Waals surface area contributed by atoms with E-state index in [0.29, 0.717) is 29.1 Å². The molecule has 1 amide bonds. The van der Waals surface area contributed by atoms with Gasteiger partial charge in [0, 0.05) is 18.6 Å². The van der Waals surface area contributed by atoms with E-state index in [-0.39, 0.29) is 24.2 Å². The quantitative estimate of drug-likeness (QED) is 0.867. The number of amides is 1. The molecule has 2 aliphatic rings. The molecule has 5 heteroatoms. The zero-order chi connectivity index (χ0) is 15.7. The number of hydrogen-bond donors (Lipinski definition) is 1. The first kappa shape index (κ1) is 14.3. The van der Waals surface area contributed by atoms with Gasteiger partial charge in [-0.3, -0.25) is 14.6 Å². The smallest absolute Gasteiger partial charge is 0.262 e. The molecular weight excluding hydrogens is 280 g/mol. The Labute approximate surface area is 128 Å². The summed E-state index contributed by atoms with van der Waals surface area (Å²) in [6.45, 7) is 5.86. The highest BCUT2D eigenvalue weighted by molar-refractivity contribution is 6.09. The Morgan fingerprint density at radius 2 is 2.32 bits per heavy atom. The topological polar surface area (TPSA) is 67.8 Å². The summed E-state index contributed by atoms with van der Waals surface area (Å²) >= 11 is 0. The van der Waals surface area contributed by atoms with Gasteiger partial charge in [-0.25, -0.2) is 0 Å². The summed E-state index contributed by atoms with van der Waals surface area (Å²) in [7, 11) is 0. The molecule has 0 saturated heterocycles. The van der Waals surface area contributed by atoms with Gasteiger partial charge in [0.25, 0.3) is 5.91 Å². The lowest BCUT2D eigenvalue weighted by atomic mass is 10.00. The number of nitrogens with one attached hydrogen (secondary N) is 1. The molecule has 0 spiro atoms. The number of carbonyl (C=O) groups excluding carboxylic acids is 2. The SMILES string of the molecule is C=C(Cc1ccc2c(c1)NC(=O)CO2)C(=O)C1=CC(C)C=N1. The number of benzene rings is 1. The van der Waals surface area contributed by atoms with E-state index >= 15 is 0 Å². The van der Waals surface area contributed by atoms with E-state index < -0.39 is 0 Å². The molecule has 1 atom stereocenters. The Hall–Kier alpha value is -2.69. The van der Waals surface area contributed by atoms with Gasteiger partial charge >= 0.3 is 0 Å². The van der Waals surface area contributed by atoms with Gasteiger partial charge in [-0.15, -0.1) is 0 Å². The molecule has 22 heavy (non-hydrogen) atoms. The first-order valence-electron chi connectivity index (χ1n) is 7.07. The fraction of sp³-hybridized carbons (Fsp3) is 0.235. The summed E-state index contributed by atoms with van der Waals surface area (Å²) in [5, 5.41) is 2.75. The fourth-order valence-corrected chi connectivity index (χ4v) is 2.42. The standard InChI is InChI=1S/C17H16N2O3/c1-10-5-14(18-8-10)17(21)11(2)6-12-3-4-15-13(7-12)19-16(20)9-22-15/h3-5,7-8,10H,2,6,9H2,1H3,(H,19,20). The third-order valence-corrected chi connectivity index (χ3v) is 3.52. The number of nitrogens with zero attached hydrogens (tertiary/aromatic N) is 1. The second-order valence-corrected chi connectivity index (χ2v) is 5.47. The zero-order valence-electron chi connectivity index (χ0n) is 12.3. The van der Waals surface area contributed by atoms with E-state index in [1.807, 2.05) is 19.1 Å². The number of allylic oxidation sites excluding steroid dienone is 2. The Morgan fingerprint density at radius 1 is 1.50 bits per heavy atom. The van der Waals surface area contributed by atoms with Crippen molar-refractivity contribution in [1.29, 1.82) is 0 Å². The van der Waals surface area contributed by atoms with Gasteiger partial charge in [0.1, 0.15) is 11.4 Å². The van der Waals surface area contributed by atoms with Crippen molar-refractivity contribution in [3.8, 4) is 5.75 Å². The molecular formula is C17H16N2O3. The minimum Gasteiger partial charge on any atom is -0.482 e. The van der Waals surface area contributed by atoms with Crippen LogP contribution in [0.25, 0.3) is 0 Å². The molecule has 5 nitrogen and oxygen atoms in total. The zero-order valence-corrected chi connectivity index (χ0v) is 12.3. The van der Waals surface area contributed by atoms with Crippen LogP contribution < -0.4 is 10.1 Å². The van der Waals surface area contributed by atoms with Crippen LogP contribution in [-0.2, 0) is 16.0 Å². The lowest BCUT2D eigenvalue weighted by Crippen LogP contribution is -2.25. The maximum Gasteiger partial charge on any atom is 0.262 e. The van der Waals surface area contributed by atoms with Gasteiger partial charge < -0.3 is 10.1 Å². The largest absolute Gasteiger partial charge is 0.482 e. The van der Waals surface area contributed by atoms with Crippen molar-refractivity contribution in [3.05, 3.63) is 47.7 Å². The van der Waals surface area contributed by atoms with Crippen molar-refractivity contribution < 1.29 is 14.3 Å². The molecule has 0 aromatic heterocycles. The predicted molar refractivity (Wildman–Crippen MR) is 84.2 cm³/mol. The Bertz CT molecular complexity index is 731. The molecule has 0 radical (unpaired) electrons. The lowest BCUT2D eigenvalue weighted by Gasteiger charge is -2.18. The van der Waals surface area contributed by atoms with Crippen LogP contribution in [0.2, 0.25) is 0 Å². The maximum absolute atomic E-state index is 12.3. The summed E-state index contributed by atoms with van der Waals surface area (Å²) in [5.41, 5.74) is 2.44. The van der Waals surface area contributed by atoms with Crippen LogP contribution in [0, 0.1) is 5.92 Å². The number of anilines is 1. The minimum atomic E-state index is -0.181. The molecule has 1 aromatic rings. The number of rotatable bonds is 4. The van der Waals surface area contributed by atoms with Gasteiger partial charge in [0.2, 0.25) is 5.78 Å². The molecule has 3 rings (SSSR count). The molecule has 0 saturated carbocycles. The first-order chi connectivity index (χ1) is 10.5. The van der Waals surface area contributed by atoms with Crippen molar-refractivity contribution in [2.75, 3.05) is 11.9 Å². The van der Waals surface area contributed by atoms with E-state index in [1.165, 1.54) is 0 Å². The molecule has 0 bridgehead atoms. The van der Waals surface area contributed by atoms with Crippen molar-refractivity contribution in [2.24, 2.45) is 10.9 Å². The van der Waals surface area contributed by atoms with Crippen LogP contribution in [0.15, 0.2) is 47.1 Å². The lowest BCUT2D eigenvalue weighted by molar-refractivity contribution is -0.118. The van der Waals surface area contributed by atoms with Gasteiger partial charge in [-0.05, 0) is 29.3 Å². The molecule has 0 fully saturated rings. The fourth-order valence-electron chi connectivity index (χ4n) is 2.42. The van der Waals surface area contributed by atoms with Crippen LogP contribution in [0.4, 0.5) is 5.69 Å². The molecule has 112 valence electrons. The van der Waals surface area contributed by atoms with Crippen LogP contribution in [0.1, 0.15) is 12.5 Å². The molecule has 2 aliphatic heterocycles. The summed E-state index contributed by atoms with van der Waals surface area (Å²) < 4.78 is 5.31. The third-order valence-electron chi connectivity index (χ3n) is 3.52. The highest BCUT2D eigenvalue weighted by Crippen LogP contribution is 2.29. The van der Waals surface area contributed by atoms with Crippen molar-refractivity contribution in [1.82, 2.24) is 0 Å². The van der Waals surface area contributed by atoms with E-state index in [4.69, 9.17) is 4.74 Å². The highest BCUT2D eigenvalue weighted by Gasteiger charge is 2.19. The van der Waals surface area contributed by atoms with Crippen molar-refractivity contribution in [3.63, 3.8) is 0 Å². The Kier molecular flexibility index (Phi) is 3.63. The molecule has 1 aromatic carbocycles. The second-order valence-electron chi connectivity index (χ2n) is 5.47. The third kappa shape index (κ3) is 2.83. The number of Topliss-reactive ketones (excluding diaryl/α,β-unsaturated/α-hetero) is 1. The van der Waals surface area contributed by atoms with E-state index in [0.717, 1.165) is 5.56 Å². The number of carbonyl (C=O) groups is 2. The summed E-state index contributed by atoms with van der Waals surface area (Å²) in [6, 6.07) is 5.46. The summed E-state index contributed by atoms with van der Waals surface area (Å²) in [5.74, 6) is 0.498. The number of hydrogen-bond acceptors (Lipinski definition) is 4. The van der Waals surface area contributed by atoms with Crippen molar-refractivity contribution >= 4 is 23.6 Å². The van der Waals surface area contributed by atoms with Crippen LogP contribution in [0.3, 0.4) is 0 Å². The first-order valence-corrected chi connectivity index (χ1v) is 7.07. The molecule has 2 heterocycles. The van der Waals surface area contributed by atoms with Crippen molar-refractivity contribution in [2.45, 2.75) is 13.3 Å². The molecule has 0 aliphatic carbocycles. The molecule has 1 unspecified atom stereocenters. The van der Waals surface area contributed by atoms with Crippen LogP contribution >= 0.6 is 0 Å². The highest BCUT2D eigenvalue weighted by atomic mass is 16.5. The van der Waals surface area contributed by atoms with Gasteiger partial charge in [-0.2, -0.15) is 0 Å². The van der Waals surface area contributed by atoms with Gasteiger partial charge in [0.15, 0.2) is 6.61 Å². The average molecular weight is 296 g/mol. The second kappa shape index (κ2) is 5.60. The monoisotopic (exact) mass is 296 g/mol. The molecule has 1 N–H and O–H groups in total. The normalized spacial score (nSPS) is 19.0.